The van der Waals surface area contributed by atoms with Crippen molar-refractivity contribution >= 4 is 49.0 Å². The summed E-state index contributed by atoms with van der Waals surface area (Å²) in [4.78, 5) is 58.0. The van der Waals surface area contributed by atoms with Crippen molar-refractivity contribution in [3.8, 4) is 56.8 Å². The molecule has 0 bridgehead atoms. The van der Waals surface area contributed by atoms with Crippen LogP contribution in [0.2, 0.25) is 0 Å². The molecule has 0 saturated heterocycles. The number of rotatable bonds is 12. The van der Waals surface area contributed by atoms with Crippen LogP contribution in [0.15, 0.2) is 159 Å². The van der Waals surface area contributed by atoms with E-state index in [1.165, 1.54) is 12.7 Å². The van der Waals surface area contributed by atoms with Crippen LogP contribution in [0.5, 0.6) is 0 Å². The van der Waals surface area contributed by atoms with Crippen LogP contribution in [-0.2, 0) is 101 Å². The monoisotopic (exact) mass is 1430 g/mol. The summed E-state index contributed by atoms with van der Waals surface area (Å²) in [6.45, 7) is 14.9. The summed E-state index contributed by atoms with van der Waals surface area (Å²) in [7, 11) is -3.29. The van der Waals surface area contributed by atoms with E-state index in [9.17, 15) is 8.42 Å². The van der Waals surface area contributed by atoms with Gasteiger partial charge in [0.2, 0.25) is 10.0 Å². The number of benzene rings is 2. The van der Waals surface area contributed by atoms with E-state index < -0.39 is 10.0 Å². The van der Waals surface area contributed by atoms with Crippen LogP contribution in [0.25, 0.3) is 85.7 Å². The topological polar surface area (TPSA) is 310 Å². The number of nitrogens with one attached hydrogen (secondary N) is 1. The summed E-state index contributed by atoms with van der Waals surface area (Å²) >= 11 is 0. The Kier molecular flexibility index (Phi) is 25.8. The van der Waals surface area contributed by atoms with E-state index in [4.69, 9.17) is 0 Å². The number of fused-ring (bicyclic) bond motifs is 5. The molecule has 27 nitrogen and oxygen atoms in total. The normalized spacial score (nSPS) is 10.8. The molecule has 0 amide bonds. The second-order valence-corrected chi connectivity index (χ2v) is 21.0. The largest absolute Gasteiger partial charge is 2.00 e. The molecule has 0 saturated carbocycles. The van der Waals surface area contributed by atoms with E-state index in [2.05, 4.69) is 114 Å². The van der Waals surface area contributed by atoms with E-state index in [1.54, 1.807) is 48.1 Å². The standard InChI is InChI=1S/C15H18N5.C13H14N5O2S.3C10H8N5.Be.4Zn/c1-3-19(4-2)10-13-11-20-15(16-13)17-14(18-20)12-8-6-5-7-9-12;1-9-15-13-16-11(8-14-21(2,19)20)12(18(13)17-9)10-6-4-3-5-7-10;2*1-7-9(8-4-2-3-5-11-8)14-10-12-6-13-15(7)10;1-7-12-10-13-9(6-15(10)14-7)8-4-2-3-5-11-8;;;;;/h5-9,11H,3-4,10H2,1-2H3;3-7,14H,8H2,1-2H3;3*2-6H,1H3;;;;;/q5*-1;5*+2. The minimum Gasteiger partial charge on any atom is -0.324 e. The van der Waals surface area contributed by atoms with Gasteiger partial charge in [-0.25, -0.2) is 13.1 Å². The fourth-order valence-corrected chi connectivity index (χ4v) is 9.39. The molecule has 91 heavy (non-hydrogen) atoms. The number of imidazole rings is 5. The van der Waals surface area contributed by atoms with Crippen molar-refractivity contribution in [3.63, 3.8) is 0 Å². The maximum Gasteiger partial charge on any atom is 2.00 e. The van der Waals surface area contributed by atoms with Gasteiger partial charge in [-0.15, -0.1) is 0 Å². The number of hydrogen-bond acceptors (Lipinski definition) is 16. The van der Waals surface area contributed by atoms with Crippen molar-refractivity contribution in [2.45, 2.75) is 54.6 Å². The van der Waals surface area contributed by atoms with Gasteiger partial charge in [-0.3, -0.25) is 25.0 Å². The fourth-order valence-electron chi connectivity index (χ4n) is 8.99. The van der Waals surface area contributed by atoms with Crippen LogP contribution in [-0.4, -0.2) is 131 Å². The Balaban J connectivity index is 0.000000180. The predicted molar refractivity (Wildman–Crippen MR) is 325 cm³/mol. The number of aryl methyl sites for hydroxylation is 4. The van der Waals surface area contributed by atoms with Crippen LogP contribution in [0.1, 0.15) is 48.3 Å². The molecule has 13 aromatic heterocycles. The van der Waals surface area contributed by atoms with Gasteiger partial charge in [0.15, 0.2) is 0 Å². The fraction of sp³-hybridized carbons (Fsp3) is 0.190. The third-order valence-corrected chi connectivity index (χ3v) is 13.8. The van der Waals surface area contributed by atoms with Gasteiger partial charge < -0.3 is 92.8 Å². The number of sulfonamides is 1. The Morgan fingerprint density at radius 2 is 1.00 bits per heavy atom. The third-order valence-electron chi connectivity index (χ3n) is 13.1. The summed E-state index contributed by atoms with van der Waals surface area (Å²) < 4.78 is 33.5. The molecule has 0 aliphatic carbocycles. The number of nitrogens with zero attached hydrogens (tertiary/aromatic N) is 24. The van der Waals surface area contributed by atoms with Gasteiger partial charge in [0.25, 0.3) is 0 Å². The predicted octanol–water partition coefficient (Wildman–Crippen LogP) is 5.69. The van der Waals surface area contributed by atoms with Crippen molar-refractivity contribution in [2.75, 3.05) is 19.3 Å². The molecule has 13 heterocycles. The minimum atomic E-state index is -3.29. The summed E-state index contributed by atoms with van der Waals surface area (Å²) in [5, 5.41) is 21.1. The average molecular weight is 1440 g/mol. The van der Waals surface area contributed by atoms with Crippen LogP contribution in [0.4, 0.5) is 0 Å². The molecule has 0 aliphatic rings. The van der Waals surface area contributed by atoms with Crippen LogP contribution in [0, 0.1) is 27.7 Å². The van der Waals surface area contributed by atoms with Crippen LogP contribution < -0.4 is 29.6 Å². The summed E-state index contributed by atoms with van der Waals surface area (Å²) in [6, 6.07) is 36.8. The summed E-state index contributed by atoms with van der Waals surface area (Å²) in [5.74, 6) is 5.07. The molecule has 436 valence electrons. The molecule has 33 heteroatoms. The molecule has 0 radical (unpaired) electrons. The van der Waals surface area contributed by atoms with Gasteiger partial charge in [-0.1, -0.05) is 92.7 Å². The second-order valence-electron chi connectivity index (χ2n) is 19.2. The number of pyridine rings is 3. The molecule has 0 fully saturated rings. The average Bonchev–Trinajstić information content (AvgIpc) is 1.72. The quantitative estimate of drug-likeness (QED) is 0.144. The molecule has 15 aromatic rings. The maximum absolute atomic E-state index is 11.3. The minimum absolute atomic E-state index is 0. The summed E-state index contributed by atoms with van der Waals surface area (Å²) in [6.07, 6.45) is 13.1. The van der Waals surface area contributed by atoms with Gasteiger partial charge in [0.05, 0.1) is 58.1 Å². The van der Waals surface area contributed by atoms with Crippen molar-refractivity contribution < 1.29 is 86.3 Å². The molecule has 0 unspecified atom stereocenters. The van der Waals surface area contributed by atoms with E-state index >= 15 is 0 Å². The second kappa shape index (κ2) is 32.7. The number of hydrogen-bond donors (Lipinski definition) is 1. The zero-order valence-electron chi connectivity index (χ0n) is 51.3. The summed E-state index contributed by atoms with van der Waals surface area (Å²) in [5.41, 5.74) is 11.2. The maximum atomic E-state index is 11.3. The van der Waals surface area contributed by atoms with Gasteiger partial charge in [0, 0.05) is 102 Å². The molecule has 2 aromatic carbocycles. The molecule has 0 aliphatic heterocycles. The molecular weight excluding hydrogens is 1380 g/mol. The SMILES string of the molecule is CCN(CC)Cc1cn2nc(-c3ccccc3)[n-]c2n1.Cc1c(-c2ccccn2)nc2[n-]cnn12.Cc1c(-c2ccccn2)nc2[n-]cnn12.Cc1nn2c(-c3ccccc3)c(CNS(C)(=O)=O)nc2[n-]1.Cc1nn2cc(-c3ccccn3)nc2[n-]1.[Be+2].[Zn+2].[Zn+2].[Zn+2].[Zn+2]. The van der Waals surface area contributed by atoms with Crippen molar-refractivity contribution in [3.05, 3.63) is 193 Å². The molecule has 15 rings (SSSR count). The van der Waals surface area contributed by atoms with Crippen molar-refractivity contribution in [1.82, 2.24) is 122 Å². The van der Waals surface area contributed by atoms with Gasteiger partial charge in [-0.2, -0.15) is 0 Å². The van der Waals surface area contributed by atoms with Gasteiger partial charge >= 0.3 is 88.0 Å². The van der Waals surface area contributed by atoms with Crippen LogP contribution >= 0.6 is 0 Å². The van der Waals surface area contributed by atoms with Crippen LogP contribution in [0.3, 0.4) is 0 Å². The third kappa shape index (κ3) is 17.3. The first kappa shape index (κ1) is 71.9. The van der Waals surface area contributed by atoms with Gasteiger partial charge in [-0.05, 0) is 101 Å². The van der Waals surface area contributed by atoms with E-state index in [0.717, 1.165) is 106 Å². The van der Waals surface area contributed by atoms with Crippen molar-refractivity contribution in [1.29, 1.82) is 0 Å². The molecule has 1 N–H and O–H groups in total. The van der Waals surface area contributed by atoms with E-state index in [0.29, 0.717) is 40.4 Å². The molecule has 0 spiro atoms. The Hall–Kier alpha value is -8.18. The zero-order valence-corrected chi connectivity index (χ0v) is 64.0. The Bertz CT molecular complexity index is 4600. The first-order chi connectivity index (χ1) is 41.8. The smallest absolute Gasteiger partial charge is 0.324 e. The number of aromatic nitrogens is 23. The van der Waals surface area contributed by atoms with Gasteiger partial charge in [0.1, 0.15) is 0 Å². The Morgan fingerprint density at radius 1 is 0.505 bits per heavy atom. The molecular formula is C58H56BeN25O2SZn4+5. The van der Waals surface area contributed by atoms with E-state index in [1.807, 2.05) is 148 Å². The van der Waals surface area contributed by atoms with E-state index in [-0.39, 0.29) is 94.6 Å². The first-order valence-corrected chi connectivity index (χ1v) is 29.0. The first-order valence-electron chi connectivity index (χ1n) is 27.1. The van der Waals surface area contributed by atoms with Crippen molar-refractivity contribution in [2.24, 2.45) is 0 Å². The zero-order chi connectivity index (χ0) is 59.7. The molecule has 0 atom stereocenters. The Labute approximate surface area is 577 Å². The Morgan fingerprint density at radius 3 is 1.49 bits per heavy atom.